The summed E-state index contributed by atoms with van der Waals surface area (Å²) in [6.45, 7) is 3.15. The Kier molecular flexibility index (Phi) is 2.55. The van der Waals surface area contributed by atoms with Gasteiger partial charge in [-0.25, -0.2) is 4.68 Å². The van der Waals surface area contributed by atoms with E-state index in [1.807, 2.05) is 0 Å². The molecule has 2 N–H and O–H groups in total. The van der Waals surface area contributed by atoms with Crippen LogP contribution in [-0.4, -0.2) is 20.2 Å². The highest BCUT2D eigenvalue weighted by molar-refractivity contribution is 7.10. The van der Waals surface area contributed by atoms with Crippen LogP contribution in [0.4, 0.5) is 0 Å². The molecule has 0 bridgehead atoms. The number of aromatic nitrogens is 4. The molecular weight excluding hydrogens is 198 g/mol. The molecule has 0 aliphatic heterocycles. The summed E-state index contributed by atoms with van der Waals surface area (Å²) in [5.74, 6) is 0.719. The number of tetrazole rings is 1. The first-order valence-corrected chi connectivity index (χ1v) is 5.16. The maximum Gasteiger partial charge on any atom is 0.165 e. The molecule has 0 radical (unpaired) electrons. The third kappa shape index (κ3) is 1.80. The summed E-state index contributed by atoms with van der Waals surface area (Å²) in [5.41, 5.74) is 6.76. The number of nitrogens with zero attached hydrogens (tertiary/aromatic N) is 4. The average Bonchev–Trinajstić information content (AvgIpc) is 2.76. The minimum absolute atomic E-state index is 0.372. The van der Waals surface area contributed by atoms with Gasteiger partial charge >= 0.3 is 0 Å². The Hall–Kier alpha value is -1.27. The van der Waals surface area contributed by atoms with Gasteiger partial charge in [-0.1, -0.05) is 0 Å². The lowest BCUT2D eigenvalue weighted by atomic mass is 10.3. The second kappa shape index (κ2) is 3.85. The fraction of sp³-hybridized carbons (Fsp3) is 0.375. The lowest BCUT2D eigenvalue weighted by Gasteiger charge is -1.99. The molecule has 5 nitrogen and oxygen atoms in total. The number of aryl methyl sites for hydroxylation is 1. The van der Waals surface area contributed by atoms with Gasteiger partial charge in [-0.3, -0.25) is 0 Å². The summed E-state index contributed by atoms with van der Waals surface area (Å²) in [7, 11) is 0. The van der Waals surface area contributed by atoms with Crippen LogP contribution in [0.15, 0.2) is 11.4 Å². The minimum Gasteiger partial charge on any atom is -0.324 e. The van der Waals surface area contributed by atoms with E-state index in [9.17, 15) is 0 Å². The van der Waals surface area contributed by atoms with Crippen LogP contribution in [0.5, 0.6) is 0 Å². The predicted octanol–water partition coefficient (Wildman–Crippen LogP) is 0.550. The van der Waals surface area contributed by atoms with Crippen molar-refractivity contribution >= 4 is 11.3 Å². The van der Waals surface area contributed by atoms with Crippen molar-refractivity contribution < 1.29 is 0 Å². The van der Waals surface area contributed by atoms with E-state index < -0.39 is 0 Å². The zero-order chi connectivity index (χ0) is 9.97. The molecule has 0 aliphatic carbocycles. The number of rotatable bonds is 3. The normalized spacial score (nSPS) is 10.7. The monoisotopic (exact) mass is 209 g/mol. The number of thiophene rings is 1. The molecular formula is C8H11N5S. The van der Waals surface area contributed by atoms with Crippen molar-refractivity contribution in [1.82, 2.24) is 20.2 Å². The van der Waals surface area contributed by atoms with Crippen molar-refractivity contribution in [2.45, 2.75) is 20.0 Å². The highest BCUT2D eigenvalue weighted by Crippen LogP contribution is 2.14. The molecule has 0 aromatic carbocycles. The van der Waals surface area contributed by atoms with Crippen molar-refractivity contribution in [2.75, 3.05) is 0 Å². The van der Waals surface area contributed by atoms with Crippen LogP contribution in [-0.2, 0) is 13.1 Å². The summed E-state index contributed by atoms with van der Waals surface area (Å²) in [5, 5.41) is 13.4. The van der Waals surface area contributed by atoms with E-state index in [1.54, 1.807) is 16.0 Å². The maximum atomic E-state index is 5.49. The molecule has 0 saturated carbocycles. The topological polar surface area (TPSA) is 69.6 Å². The second-order valence-corrected chi connectivity index (χ2v) is 4.04. The van der Waals surface area contributed by atoms with Crippen LogP contribution in [0.3, 0.4) is 0 Å². The first kappa shape index (κ1) is 9.29. The van der Waals surface area contributed by atoms with Gasteiger partial charge in [0.2, 0.25) is 0 Å². The summed E-state index contributed by atoms with van der Waals surface area (Å²) in [6, 6.07) is 2.13. The molecule has 6 heteroatoms. The lowest BCUT2D eigenvalue weighted by molar-refractivity contribution is 0.624. The van der Waals surface area contributed by atoms with Crippen LogP contribution >= 0.6 is 11.3 Å². The minimum atomic E-state index is 0.372. The van der Waals surface area contributed by atoms with Gasteiger partial charge in [0.15, 0.2) is 5.82 Å². The Morgan fingerprint density at radius 3 is 3.07 bits per heavy atom. The molecule has 2 aromatic rings. The molecule has 0 aliphatic rings. The van der Waals surface area contributed by atoms with Crippen LogP contribution in [0.2, 0.25) is 0 Å². The van der Waals surface area contributed by atoms with Crippen molar-refractivity contribution in [3.63, 3.8) is 0 Å². The largest absolute Gasteiger partial charge is 0.324 e. The second-order valence-electron chi connectivity index (χ2n) is 3.05. The number of hydrogen-bond acceptors (Lipinski definition) is 5. The van der Waals surface area contributed by atoms with E-state index in [2.05, 4.69) is 33.9 Å². The Labute approximate surface area is 85.5 Å². The molecule has 2 heterocycles. The molecule has 74 valence electrons. The molecule has 0 fully saturated rings. The molecule has 0 amide bonds. The van der Waals surface area contributed by atoms with Gasteiger partial charge in [-0.05, 0) is 34.4 Å². The Balaban J connectivity index is 2.18. The summed E-state index contributed by atoms with van der Waals surface area (Å²) < 4.78 is 1.73. The van der Waals surface area contributed by atoms with Crippen molar-refractivity contribution in [3.05, 3.63) is 27.7 Å². The Morgan fingerprint density at radius 1 is 1.57 bits per heavy atom. The van der Waals surface area contributed by atoms with E-state index in [4.69, 9.17) is 5.73 Å². The van der Waals surface area contributed by atoms with Gasteiger partial charge in [0.1, 0.15) is 0 Å². The smallest absolute Gasteiger partial charge is 0.165 e. The van der Waals surface area contributed by atoms with Crippen LogP contribution in [0, 0.1) is 6.92 Å². The van der Waals surface area contributed by atoms with Crippen molar-refractivity contribution in [3.8, 4) is 0 Å². The van der Waals surface area contributed by atoms with Gasteiger partial charge in [-0.2, -0.15) is 0 Å². The first-order valence-electron chi connectivity index (χ1n) is 4.28. The van der Waals surface area contributed by atoms with Gasteiger partial charge in [0.05, 0.1) is 13.1 Å². The Bertz CT molecular complexity index is 419. The van der Waals surface area contributed by atoms with E-state index in [-0.39, 0.29) is 0 Å². The molecule has 0 spiro atoms. The predicted molar refractivity (Wildman–Crippen MR) is 53.9 cm³/mol. The van der Waals surface area contributed by atoms with Crippen molar-refractivity contribution in [2.24, 2.45) is 5.73 Å². The number of hydrogen-bond donors (Lipinski definition) is 1. The third-order valence-electron chi connectivity index (χ3n) is 1.88. The van der Waals surface area contributed by atoms with Crippen LogP contribution in [0.25, 0.3) is 0 Å². The quantitative estimate of drug-likeness (QED) is 0.801. The highest BCUT2D eigenvalue weighted by Gasteiger charge is 2.05. The van der Waals surface area contributed by atoms with Crippen LogP contribution in [0.1, 0.15) is 16.3 Å². The summed E-state index contributed by atoms with van der Waals surface area (Å²) >= 11 is 1.71. The van der Waals surface area contributed by atoms with Gasteiger partial charge in [0, 0.05) is 4.88 Å². The lowest BCUT2D eigenvalue weighted by Crippen LogP contribution is -2.10. The molecule has 0 atom stereocenters. The van der Waals surface area contributed by atoms with E-state index in [0.717, 1.165) is 5.82 Å². The maximum absolute atomic E-state index is 5.49. The van der Waals surface area contributed by atoms with E-state index in [0.29, 0.717) is 13.1 Å². The molecule has 0 unspecified atom stereocenters. The molecule has 14 heavy (non-hydrogen) atoms. The molecule has 2 rings (SSSR count). The average molecular weight is 209 g/mol. The van der Waals surface area contributed by atoms with Crippen molar-refractivity contribution in [1.29, 1.82) is 0 Å². The fourth-order valence-electron chi connectivity index (χ4n) is 1.21. The van der Waals surface area contributed by atoms with Crippen LogP contribution < -0.4 is 5.73 Å². The standard InChI is InChI=1S/C8H11N5S/c1-6-2-7(14-5-6)4-13-8(3-9)10-11-12-13/h2,5H,3-4,9H2,1H3. The van der Waals surface area contributed by atoms with Gasteiger partial charge in [0.25, 0.3) is 0 Å². The van der Waals surface area contributed by atoms with E-state index >= 15 is 0 Å². The fourth-order valence-corrected chi connectivity index (χ4v) is 2.07. The first-order chi connectivity index (χ1) is 6.79. The Morgan fingerprint density at radius 2 is 2.43 bits per heavy atom. The molecule has 0 saturated heterocycles. The highest BCUT2D eigenvalue weighted by atomic mass is 32.1. The number of nitrogens with two attached hydrogens (primary N) is 1. The molecule has 2 aromatic heterocycles. The van der Waals surface area contributed by atoms with Gasteiger partial charge < -0.3 is 5.73 Å². The van der Waals surface area contributed by atoms with Gasteiger partial charge in [-0.15, -0.1) is 16.4 Å². The summed E-state index contributed by atoms with van der Waals surface area (Å²) in [4.78, 5) is 1.24. The summed E-state index contributed by atoms with van der Waals surface area (Å²) in [6.07, 6.45) is 0. The SMILES string of the molecule is Cc1csc(Cn2nnnc2CN)c1. The zero-order valence-electron chi connectivity index (χ0n) is 7.84. The third-order valence-corrected chi connectivity index (χ3v) is 2.92. The van der Waals surface area contributed by atoms with E-state index in [1.165, 1.54) is 10.4 Å². The zero-order valence-corrected chi connectivity index (χ0v) is 8.66.